The van der Waals surface area contributed by atoms with Crippen molar-refractivity contribution in [1.29, 1.82) is 0 Å². The van der Waals surface area contributed by atoms with Crippen LogP contribution in [-0.4, -0.2) is 9.55 Å². The van der Waals surface area contributed by atoms with Crippen molar-refractivity contribution in [1.82, 2.24) is 9.55 Å². The maximum absolute atomic E-state index is 5.18. The molecule has 76 heavy (non-hydrogen) atoms. The number of allylic oxidation sites excluding steroid dienone is 1. The van der Waals surface area contributed by atoms with Crippen LogP contribution in [0.4, 0.5) is 0 Å². The van der Waals surface area contributed by atoms with E-state index in [0.29, 0.717) is 0 Å². The average Bonchev–Trinajstić information content (AvgIpc) is 4.10. The summed E-state index contributed by atoms with van der Waals surface area (Å²) < 4.78 is 2.27. The molecule has 0 saturated carbocycles. The van der Waals surface area contributed by atoms with Gasteiger partial charge >= 0.3 is 0 Å². The summed E-state index contributed by atoms with van der Waals surface area (Å²) in [4.78, 5) is 5.18. The lowest BCUT2D eigenvalue weighted by Crippen LogP contribution is -2.01. The van der Waals surface area contributed by atoms with Crippen LogP contribution >= 0.6 is 0 Å². The van der Waals surface area contributed by atoms with Crippen LogP contribution in [-0.2, 0) is 0 Å². The average molecular weight is 965 g/mol. The molecule has 0 N–H and O–H groups in total. The first-order valence-corrected chi connectivity index (χ1v) is 26.3. The Morgan fingerprint density at radius 1 is 0.316 bits per heavy atom. The van der Waals surface area contributed by atoms with E-state index in [2.05, 4.69) is 290 Å². The highest BCUT2D eigenvalue weighted by Gasteiger charge is 2.28. The van der Waals surface area contributed by atoms with E-state index in [9.17, 15) is 0 Å². The van der Waals surface area contributed by atoms with Gasteiger partial charge in [-0.1, -0.05) is 231 Å². The fourth-order valence-electron chi connectivity index (χ4n) is 12.2. The zero-order valence-electron chi connectivity index (χ0n) is 41.6. The maximum Gasteiger partial charge on any atom is 0.145 e. The normalized spacial score (nSPS) is 13.2. The Labute approximate surface area is 441 Å². The number of fused-ring (bicyclic) bond motifs is 6. The Kier molecular flexibility index (Phi) is 10.3. The van der Waals surface area contributed by atoms with Gasteiger partial charge in [-0.05, 0) is 170 Å². The van der Waals surface area contributed by atoms with E-state index in [4.69, 9.17) is 4.98 Å². The fraction of sp³-hybridized carbons (Fsp3) is 0.0135. The summed E-state index contributed by atoms with van der Waals surface area (Å²) in [6.45, 7) is 0. The van der Waals surface area contributed by atoms with Crippen molar-refractivity contribution in [2.24, 2.45) is 0 Å². The molecule has 15 rings (SSSR count). The first kappa shape index (κ1) is 43.7. The Bertz CT molecular complexity index is 4600. The molecule has 0 saturated heterocycles. The fourth-order valence-corrected chi connectivity index (χ4v) is 12.2. The first-order chi connectivity index (χ1) is 37.7. The van der Waals surface area contributed by atoms with E-state index in [1.165, 1.54) is 104 Å². The Hall–Kier alpha value is -9.89. The molecule has 1 aromatic heterocycles. The van der Waals surface area contributed by atoms with Crippen molar-refractivity contribution < 1.29 is 0 Å². The Morgan fingerprint density at radius 2 is 0.789 bits per heavy atom. The number of hydrogen-bond donors (Lipinski definition) is 0. The van der Waals surface area contributed by atoms with Crippen LogP contribution < -0.4 is 0 Å². The molecule has 1 aliphatic carbocycles. The van der Waals surface area contributed by atoms with E-state index in [0.717, 1.165) is 39.2 Å². The van der Waals surface area contributed by atoms with Crippen molar-refractivity contribution >= 4 is 65.8 Å². The molecule has 354 valence electrons. The summed E-state index contributed by atoms with van der Waals surface area (Å²) in [5.74, 6) is 1.11. The number of imidazole rings is 1. The lowest BCUT2D eigenvalue weighted by Gasteiger charge is -2.20. The summed E-state index contributed by atoms with van der Waals surface area (Å²) in [6, 6.07) is 103. The summed E-state index contributed by atoms with van der Waals surface area (Å²) in [5, 5.41) is 9.79. The van der Waals surface area contributed by atoms with Gasteiger partial charge in [0.25, 0.3) is 0 Å². The number of rotatable bonds is 8. The zero-order valence-corrected chi connectivity index (χ0v) is 41.6. The molecule has 0 aliphatic heterocycles. The summed E-state index contributed by atoms with van der Waals surface area (Å²) in [7, 11) is 0. The molecule has 0 spiro atoms. The van der Waals surface area contributed by atoms with E-state index >= 15 is 0 Å². The van der Waals surface area contributed by atoms with Crippen LogP contribution in [0.3, 0.4) is 0 Å². The second-order valence-electron chi connectivity index (χ2n) is 20.2. The van der Waals surface area contributed by atoms with Crippen LogP contribution in [0.15, 0.2) is 279 Å². The van der Waals surface area contributed by atoms with Crippen LogP contribution in [0.1, 0.15) is 28.2 Å². The van der Waals surface area contributed by atoms with Crippen molar-refractivity contribution in [3.63, 3.8) is 0 Å². The van der Waals surface area contributed by atoms with Gasteiger partial charge in [0, 0.05) is 17.2 Å². The molecule has 0 radical (unpaired) electrons. The van der Waals surface area contributed by atoms with Gasteiger partial charge < -0.3 is 0 Å². The summed E-state index contributed by atoms with van der Waals surface area (Å²) in [6.07, 6.45) is 2.39. The third kappa shape index (κ3) is 7.37. The molecule has 14 aromatic rings. The van der Waals surface area contributed by atoms with Gasteiger partial charge in [-0.25, -0.2) is 4.98 Å². The number of para-hydroxylation sites is 3. The van der Waals surface area contributed by atoms with Gasteiger partial charge in [0.05, 0.1) is 11.0 Å². The highest BCUT2D eigenvalue weighted by Crippen LogP contribution is 2.49. The minimum atomic E-state index is 0.186. The smallest absolute Gasteiger partial charge is 0.145 e. The lowest BCUT2D eigenvalue weighted by atomic mass is 9.83. The van der Waals surface area contributed by atoms with Crippen molar-refractivity contribution in [3.05, 3.63) is 301 Å². The quantitative estimate of drug-likeness (QED) is 0.139. The number of hydrogen-bond acceptors (Lipinski definition) is 1. The third-order valence-corrected chi connectivity index (χ3v) is 15.9. The minimum absolute atomic E-state index is 0.186. The molecule has 0 fully saturated rings. The Balaban J connectivity index is 0.908. The highest BCUT2D eigenvalue weighted by molar-refractivity contribution is 6.23. The second-order valence-corrected chi connectivity index (χ2v) is 20.2. The molecule has 2 nitrogen and oxygen atoms in total. The largest absolute Gasteiger partial charge is 0.292 e. The standard InChI is InChI=1S/C74H48N2/c1-3-17-53(18-4-1)71-63-24-12-11-21-59(63)47-66(71)52-33-27-50(28-34-52)57-39-41-64-67(45-57)72(60-37-31-48-15-7-9-19-55(48)43-60)65-42-40-58(46-68(65)73(64)61-38-32-49-16-8-10-20-56(49)44-61)51-29-35-54(36-30-51)74-75-69-25-13-14-26-70(69)76(74)62-22-5-2-6-23-62/h1-47,71H. The van der Waals surface area contributed by atoms with Crippen LogP contribution in [0.5, 0.6) is 0 Å². The van der Waals surface area contributed by atoms with Gasteiger partial charge in [0.15, 0.2) is 0 Å². The summed E-state index contributed by atoms with van der Waals surface area (Å²) in [5.41, 5.74) is 20.3. The van der Waals surface area contributed by atoms with Crippen LogP contribution in [0, 0.1) is 0 Å². The molecule has 2 heteroatoms. The molecular weight excluding hydrogens is 917 g/mol. The van der Waals surface area contributed by atoms with E-state index in [1.54, 1.807) is 0 Å². The van der Waals surface area contributed by atoms with Crippen LogP contribution in [0.25, 0.3) is 127 Å². The topological polar surface area (TPSA) is 17.8 Å². The van der Waals surface area contributed by atoms with Crippen molar-refractivity contribution in [2.75, 3.05) is 0 Å². The number of nitrogens with zero attached hydrogens (tertiary/aromatic N) is 2. The lowest BCUT2D eigenvalue weighted by molar-refractivity contribution is 1.07. The SMILES string of the molecule is C1=C(c2ccc(-c3ccc4c(-c5ccc6ccccc6c5)c5cc(-c6ccc(-c7nc8ccccc8n7-c7ccccc7)cc6)ccc5c(-c5ccc6ccccc6c5)c4c3)cc2)C(c2ccccc2)c2ccccc21. The molecule has 1 unspecified atom stereocenters. The van der Waals surface area contributed by atoms with Gasteiger partial charge in [-0.2, -0.15) is 0 Å². The minimum Gasteiger partial charge on any atom is -0.292 e. The Morgan fingerprint density at radius 3 is 1.41 bits per heavy atom. The van der Waals surface area contributed by atoms with Gasteiger partial charge in [-0.3, -0.25) is 4.57 Å². The van der Waals surface area contributed by atoms with Gasteiger partial charge in [0.1, 0.15) is 5.82 Å². The van der Waals surface area contributed by atoms with E-state index < -0.39 is 0 Å². The second kappa shape index (κ2) is 17.9. The molecule has 1 aliphatic rings. The molecule has 0 bridgehead atoms. The third-order valence-electron chi connectivity index (χ3n) is 15.9. The molecule has 0 amide bonds. The monoisotopic (exact) mass is 964 g/mol. The molecule has 1 atom stereocenters. The molecule has 13 aromatic carbocycles. The van der Waals surface area contributed by atoms with Gasteiger partial charge in [0.2, 0.25) is 0 Å². The van der Waals surface area contributed by atoms with Gasteiger partial charge in [-0.15, -0.1) is 0 Å². The maximum atomic E-state index is 5.18. The van der Waals surface area contributed by atoms with E-state index in [1.807, 2.05) is 0 Å². The summed E-state index contributed by atoms with van der Waals surface area (Å²) >= 11 is 0. The predicted molar refractivity (Wildman–Crippen MR) is 321 cm³/mol. The first-order valence-electron chi connectivity index (χ1n) is 26.3. The predicted octanol–water partition coefficient (Wildman–Crippen LogP) is 19.7. The zero-order chi connectivity index (χ0) is 50.1. The number of benzene rings is 13. The number of aromatic nitrogens is 2. The van der Waals surface area contributed by atoms with Crippen LogP contribution in [0.2, 0.25) is 0 Å². The van der Waals surface area contributed by atoms with Crippen molar-refractivity contribution in [3.8, 4) is 61.6 Å². The van der Waals surface area contributed by atoms with E-state index in [-0.39, 0.29) is 5.92 Å². The van der Waals surface area contributed by atoms with Crippen molar-refractivity contribution in [2.45, 2.75) is 5.92 Å². The highest BCUT2D eigenvalue weighted by atomic mass is 15.1. The molecule has 1 heterocycles. The molecular formula is C74H48N2.